The number of benzene rings is 1. The summed E-state index contributed by atoms with van der Waals surface area (Å²) in [5.41, 5.74) is 3.30. The largest absolute Gasteiger partial charge is 0.370 e. The molecule has 1 aromatic carbocycles. The van der Waals surface area contributed by atoms with Gasteiger partial charge in [0.25, 0.3) is 0 Å². The molecule has 0 aliphatic carbocycles. The molecule has 0 saturated carbocycles. The van der Waals surface area contributed by atoms with E-state index in [0.29, 0.717) is 13.2 Å². The number of nitrogens with zero attached hydrogens (tertiary/aromatic N) is 1. The quantitative estimate of drug-likeness (QED) is 0.887. The molecule has 0 amide bonds. The Morgan fingerprint density at radius 2 is 1.79 bits per heavy atom. The molecule has 0 fully saturated rings. The molecule has 2 aromatic rings. The third-order valence-corrected chi connectivity index (χ3v) is 3.23. The summed E-state index contributed by atoms with van der Waals surface area (Å²) in [6.07, 6.45) is 1.88. The molecule has 0 unspecified atom stereocenters. The summed E-state index contributed by atoms with van der Waals surface area (Å²) in [7, 11) is 1.93. The van der Waals surface area contributed by atoms with E-state index in [1.165, 1.54) is 5.56 Å². The van der Waals surface area contributed by atoms with E-state index >= 15 is 0 Å². The summed E-state index contributed by atoms with van der Waals surface area (Å²) in [4.78, 5) is 4.37. The number of hydrogen-bond acceptors (Lipinski definition) is 3. The van der Waals surface area contributed by atoms with Crippen LogP contribution in [0.25, 0.3) is 0 Å². The van der Waals surface area contributed by atoms with Crippen molar-refractivity contribution in [3.8, 4) is 0 Å². The van der Waals surface area contributed by atoms with Gasteiger partial charge in [-0.25, -0.2) is 0 Å². The van der Waals surface area contributed by atoms with Crippen LogP contribution < -0.4 is 5.32 Å². The molecule has 100 valence electrons. The number of rotatable bonds is 6. The first-order valence-electron chi connectivity index (χ1n) is 6.18. The standard InChI is InChI=1S/C15H17BrN2O/c1-17-8-13-4-7-15(18-9-13)11-19-10-12-2-5-14(16)6-3-12/h2-7,9,17H,8,10-11H2,1H3. The molecule has 4 heteroatoms. The van der Waals surface area contributed by atoms with E-state index in [1.807, 2.05) is 43.6 Å². The Morgan fingerprint density at radius 1 is 1.05 bits per heavy atom. The molecule has 2 rings (SSSR count). The molecule has 1 N–H and O–H groups in total. The number of halogens is 1. The Labute approximate surface area is 122 Å². The predicted molar refractivity (Wildman–Crippen MR) is 79.6 cm³/mol. The second-order valence-corrected chi connectivity index (χ2v) is 5.22. The molecule has 19 heavy (non-hydrogen) atoms. The Bertz CT molecular complexity index is 497. The smallest absolute Gasteiger partial charge is 0.0892 e. The van der Waals surface area contributed by atoms with Crippen molar-refractivity contribution in [3.05, 3.63) is 63.9 Å². The van der Waals surface area contributed by atoms with Crippen molar-refractivity contribution in [3.63, 3.8) is 0 Å². The molecule has 0 radical (unpaired) electrons. The van der Waals surface area contributed by atoms with Gasteiger partial charge in [-0.05, 0) is 36.4 Å². The van der Waals surface area contributed by atoms with E-state index < -0.39 is 0 Å². The zero-order valence-corrected chi connectivity index (χ0v) is 12.5. The van der Waals surface area contributed by atoms with Gasteiger partial charge in [-0.3, -0.25) is 4.98 Å². The summed E-state index contributed by atoms with van der Waals surface area (Å²) in [5.74, 6) is 0. The number of ether oxygens (including phenoxy) is 1. The van der Waals surface area contributed by atoms with Crippen molar-refractivity contribution in [2.75, 3.05) is 7.05 Å². The van der Waals surface area contributed by atoms with Crippen LogP contribution in [0.5, 0.6) is 0 Å². The molecule has 0 saturated heterocycles. The summed E-state index contributed by atoms with van der Waals surface area (Å²) >= 11 is 3.41. The maximum Gasteiger partial charge on any atom is 0.0892 e. The fraction of sp³-hybridized carbons (Fsp3) is 0.267. The molecular formula is C15H17BrN2O. The Morgan fingerprint density at radius 3 is 2.42 bits per heavy atom. The third kappa shape index (κ3) is 4.74. The van der Waals surface area contributed by atoms with Crippen molar-refractivity contribution < 1.29 is 4.74 Å². The van der Waals surface area contributed by atoms with E-state index in [0.717, 1.165) is 22.3 Å². The fourth-order valence-electron chi connectivity index (χ4n) is 1.70. The first-order valence-corrected chi connectivity index (χ1v) is 6.98. The van der Waals surface area contributed by atoms with E-state index in [-0.39, 0.29) is 0 Å². The van der Waals surface area contributed by atoms with Gasteiger partial charge >= 0.3 is 0 Å². The molecule has 0 aliphatic rings. The molecule has 0 aliphatic heterocycles. The van der Waals surface area contributed by atoms with Crippen LogP contribution in [0.2, 0.25) is 0 Å². The lowest BCUT2D eigenvalue weighted by molar-refractivity contribution is 0.104. The van der Waals surface area contributed by atoms with Crippen LogP contribution in [0.1, 0.15) is 16.8 Å². The van der Waals surface area contributed by atoms with Crippen molar-refractivity contribution >= 4 is 15.9 Å². The summed E-state index contributed by atoms with van der Waals surface area (Å²) in [6, 6.07) is 12.2. The number of aromatic nitrogens is 1. The monoisotopic (exact) mass is 320 g/mol. The van der Waals surface area contributed by atoms with Gasteiger partial charge in [0.1, 0.15) is 0 Å². The minimum atomic E-state index is 0.538. The van der Waals surface area contributed by atoms with Crippen LogP contribution in [-0.4, -0.2) is 12.0 Å². The number of nitrogens with one attached hydrogen (secondary N) is 1. The van der Waals surface area contributed by atoms with Gasteiger partial charge in [-0.15, -0.1) is 0 Å². The van der Waals surface area contributed by atoms with Gasteiger partial charge in [-0.1, -0.05) is 34.1 Å². The van der Waals surface area contributed by atoms with Crippen LogP contribution in [0.15, 0.2) is 47.1 Å². The van der Waals surface area contributed by atoms with Crippen molar-refractivity contribution in [2.45, 2.75) is 19.8 Å². The highest BCUT2D eigenvalue weighted by molar-refractivity contribution is 9.10. The van der Waals surface area contributed by atoms with E-state index in [2.05, 4.69) is 32.3 Å². The van der Waals surface area contributed by atoms with Gasteiger partial charge in [0.2, 0.25) is 0 Å². The summed E-state index contributed by atoms with van der Waals surface area (Å²) in [5, 5.41) is 3.10. The minimum Gasteiger partial charge on any atom is -0.370 e. The van der Waals surface area contributed by atoms with Crippen LogP contribution in [0, 0.1) is 0 Å². The van der Waals surface area contributed by atoms with Gasteiger partial charge in [0, 0.05) is 17.2 Å². The molecule has 0 bridgehead atoms. The van der Waals surface area contributed by atoms with Crippen LogP contribution in [0.3, 0.4) is 0 Å². The second kappa shape index (κ2) is 7.38. The van der Waals surface area contributed by atoms with E-state index in [4.69, 9.17) is 4.74 Å². The Hall–Kier alpha value is -1.23. The molecule has 1 heterocycles. The molecule has 0 spiro atoms. The summed E-state index contributed by atoms with van der Waals surface area (Å²) < 4.78 is 6.73. The van der Waals surface area contributed by atoms with Gasteiger partial charge in [0.05, 0.1) is 18.9 Å². The highest BCUT2D eigenvalue weighted by Crippen LogP contribution is 2.11. The summed E-state index contributed by atoms with van der Waals surface area (Å²) in [6.45, 7) is 1.98. The third-order valence-electron chi connectivity index (χ3n) is 2.70. The van der Waals surface area contributed by atoms with Crippen LogP contribution >= 0.6 is 15.9 Å². The topological polar surface area (TPSA) is 34.1 Å². The fourth-order valence-corrected chi connectivity index (χ4v) is 1.97. The van der Waals surface area contributed by atoms with Gasteiger partial charge < -0.3 is 10.1 Å². The van der Waals surface area contributed by atoms with E-state index in [1.54, 1.807) is 0 Å². The van der Waals surface area contributed by atoms with Crippen molar-refractivity contribution in [2.24, 2.45) is 0 Å². The highest BCUT2D eigenvalue weighted by atomic mass is 79.9. The molecule has 3 nitrogen and oxygen atoms in total. The van der Waals surface area contributed by atoms with Crippen molar-refractivity contribution in [1.29, 1.82) is 0 Å². The average molecular weight is 321 g/mol. The molecular weight excluding hydrogens is 304 g/mol. The molecule has 1 aromatic heterocycles. The Kier molecular flexibility index (Phi) is 5.51. The Balaban J connectivity index is 1.80. The van der Waals surface area contributed by atoms with Crippen molar-refractivity contribution in [1.82, 2.24) is 10.3 Å². The normalized spacial score (nSPS) is 10.6. The average Bonchev–Trinajstić information content (AvgIpc) is 2.43. The maximum atomic E-state index is 5.65. The van der Waals surface area contributed by atoms with Crippen LogP contribution in [0.4, 0.5) is 0 Å². The second-order valence-electron chi connectivity index (χ2n) is 4.31. The highest BCUT2D eigenvalue weighted by Gasteiger charge is 1.98. The lowest BCUT2D eigenvalue weighted by atomic mass is 10.2. The predicted octanol–water partition coefficient (Wildman–Crippen LogP) is 3.28. The molecule has 0 atom stereocenters. The SMILES string of the molecule is CNCc1ccc(COCc2ccc(Br)cc2)nc1. The maximum absolute atomic E-state index is 5.65. The lowest BCUT2D eigenvalue weighted by Gasteiger charge is -2.05. The zero-order chi connectivity index (χ0) is 13.5. The van der Waals surface area contributed by atoms with E-state index in [9.17, 15) is 0 Å². The van der Waals surface area contributed by atoms with Crippen LogP contribution in [-0.2, 0) is 24.5 Å². The minimum absolute atomic E-state index is 0.538. The first kappa shape index (κ1) is 14.2. The van der Waals surface area contributed by atoms with Gasteiger partial charge in [-0.2, -0.15) is 0 Å². The zero-order valence-electron chi connectivity index (χ0n) is 10.9. The van der Waals surface area contributed by atoms with Gasteiger partial charge in [0.15, 0.2) is 0 Å². The first-order chi connectivity index (χ1) is 9.28. The lowest BCUT2D eigenvalue weighted by Crippen LogP contribution is -2.05. The number of hydrogen-bond donors (Lipinski definition) is 1. The number of pyridine rings is 1.